The monoisotopic (exact) mass is 456 g/mol. The summed E-state index contributed by atoms with van der Waals surface area (Å²) in [5.41, 5.74) is -0.935. The minimum atomic E-state index is -4.46. The van der Waals surface area contributed by atoms with Gasteiger partial charge in [0, 0.05) is 12.0 Å². The molecule has 3 heterocycles. The molecule has 0 bridgehead atoms. The number of alkyl halides is 3. The Morgan fingerprint density at radius 3 is 2.45 bits per heavy atom. The van der Waals surface area contributed by atoms with Crippen LogP contribution in [0.15, 0.2) is 22.7 Å². The Kier molecular flexibility index (Phi) is 9.64. The Morgan fingerprint density at radius 2 is 1.86 bits per heavy atom. The van der Waals surface area contributed by atoms with Crippen LogP contribution in [0.5, 0.6) is 5.88 Å². The molecular formula is C18H25Cl2F3N4O2. The predicted molar refractivity (Wildman–Crippen MR) is 106 cm³/mol. The van der Waals surface area contributed by atoms with E-state index in [4.69, 9.17) is 9.26 Å². The summed E-state index contributed by atoms with van der Waals surface area (Å²) in [6.45, 7) is 6.70. The highest BCUT2D eigenvalue weighted by Gasteiger charge is 2.32. The summed E-state index contributed by atoms with van der Waals surface area (Å²) < 4.78 is 48.8. The van der Waals surface area contributed by atoms with Crippen LogP contribution in [-0.4, -0.2) is 39.7 Å². The van der Waals surface area contributed by atoms with Crippen LogP contribution in [-0.2, 0) is 12.7 Å². The molecule has 2 aromatic rings. The van der Waals surface area contributed by atoms with Gasteiger partial charge in [-0.3, -0.25) is 4.90 Å². The molecule has 164 valence electrons. The van der Waals surface area contributed by atoms with Gasteiger partial charge in [0.1, 0.15) is 5.69 Å². The van der Waals surface area contributed by atoms with Crippen molar-refractivity contribution in [2.45, 2.75) is 45.3 Å². The molecule has 11 heteroatoms. The third-order valence-corrected chi connectivity index (χ3v) is 4.55. The molecular weight excluding hydrogens is 432 g/mol. The van der Waals surface area contributed by atoms with Gasteiger partial charge in [-0.15, -0.1) is 24.8 Å². The van der Waals surface area contributed by atoms with E-state index in [2.05, 4.69) is 20.0 Å². The van der Waals surface area contributed by atoms with Crippen LogP contribution in [0, 0.1) is 5.92 Å². The summed E-state index contributed by atoms with van der Waals surface area (Å²) >= 11 is 0. The molecule has 0 saturated carbocycles. The van der Waals surface area contributed by atoms with E-state index in [1.807, 2.05) is 13.8 Å². The highest BCUT2D eigenvalue weighted by molar-refractivity contribution is 5.85. The largest absolute Gasteiger partial charge is 0.477 e. The summed E-state index contributed by atoms with van der Waals surface area (Å²) in [5, 5.41) is 3.96. The fraction of sp³-hybridized carbons (Fsp3) is 0.611. The van der Waals surface area contributed by atoms with E-state index in [0.717, 1.165) is 32.0 Å². The Hall–Kier alpha value is -1.58. The number of rotatable bonds is 6. The van der Waals surface area contributed by atoms with Gasteiger partial charge in [-0.25, -0.2) is 4.98 Å². The van der Waals surface area contributed by atoms with Gasteiger partial charge in [0.2, 0.25) is 11.8 Å². The molecule has 0 aliphatic carbocycles. The van der Waals surface area contributed by atoms with E-state index in [9.17, 15) is 13.2 Å². The maximum absolute atomic E-state index is 12.7. The third kappa shape index (κ3) is 7.31. The standard InChI is InChI=1S/C18H23F3N4O2.2ClH/c1-12(2)17-23-16(27-24-17)10-25-8-6-13(7-9-25)11-26-15-5-3-4-14(22-15)18(19,20)21;;/h3-5,12-13H,6-11H2,1-2H3;2*1H. The fourth-order valence-corrected chi connectivity index (χ4v) is 2.93. The summed E-state index contributed by atoms with van der Waals surface area (Å²) in [4.78, 5) is 10.1. The van der Waals surface area contributed by atoms with Crippen molar-refractivity contribution in [1.82, 2.24) is 20.0 Å². The zero-order chi connectivity index (χ0) is 19.4. The van der Waals surface area contributed by atoms with Crippen molar-refractivity contribution >= 4 is 24.8 Å². The Bertz CT molecular complexity index is 751. The van der Waals surface area contributed by atoms with E-state index in [-0.39, 0.29) is 42.5 Å². The molecule has 1 aliphatic heterocycles. The van der Waals surface area contributed by atoms with Crippen LogP contribution in [0.3, 0.4) is 0 Å². The lowest BCUT2D eigenvalue weighted by Crippen LogP contribution is -2.35. The number of pyridine rings is 1. The fourth-order valence-electron chi connectivity index (χ4n) is 2.93. The molecule has 0 amide bonds. The second-order valence-corrected chi connectivity index (χ2v) is 7.09. The Labute approximate surface area is 180 Å². The van der Waals surface area contributed by atoms with Crippen LogP contribution in [0.1, 0.15) is 50.0 Å². The summed E-state index contributed by atoms with van der Waals surface area (Å²) in [6, 6.07) is 3.70. The molecule has 2 aromatic heterocycles. The first-order chi connectivity index (χ1) is 12.8. The van der Waals surface area contributed by atoms with Gasteiger partial charge in [0.15, 0.2) is 5.82 Å². The van der Waals surface area contributed by atoms with Gasteiger partial charge in [0.05, 0.1) is 13.2 Å². The lowest BCUT2D eigenvalue weighted by atomic mass is 9.98. The van der Waals surface area contributed by atoms with Gasteiger partial charge in [-0.1, -0.05) is 25.1 Å². The van der Waals surface area contributed by atoms with Crippen molar-refractivity contribution in [3.63, 3.8) is 0 Å². The van der Waals surface area contributed by atoms with Crippen molar-refractivity contribution in [1.29, 1.82) is 0 Å². The number of ether oxygens (including phenoxy) is 1. The molecule has 0 atom stereocenters. The number of piperidine rings is 1. The quantitative estimate of drug-likeness (QED) is 0.625. The van der Waals surface area contributed by atoms with Crippen LogP contribution in [0.25, 0.3) is 0 Å². The number of hydrogen-bond acceptors (Lipinski definition) is 6. The zero-order valence-electron chi connectivity index (χ0n) is 16.2. The maximum Gasteiger partial charge on any atom is 0.433 e. The molecule has 1 fully saturated rings. The first-order valence-corrected chi connectivity index (χ1v) is 9.03. The third-order valence-electron chi connectivity index (χ3n) is 4.55. The van der Waals surface area contributed by atoms with Crippen LogP contribution in [0.2, 0.25) is 0 Å². The van der Waals surface area contributed by atoms with E-state index < -0.39 is 11.9 Å². The zero-order valence-corrected chi connectivity index (χ0v) is 17.8. The van der Waals surface area contributed by atoms with Crippen molar-refractivity contribution in [3.8, 4) is 5.88 Å². The molecule has 0 spiro atoms. The minimum Gasteiger partial charge on any atom is -0.477 e. The molecule has 0 unspecified atom stereocenters. The van der Waals surface area contributed by atoms with Gasteiger partial charge in [0.25, 0.3) is 0 Å². The van der Waals surface area contributed by atoms with E-state index in [0.29, 0.717) is 24.9 Å². The SMILES string of the molecule is CC(C)c1noc(CN2CCC(COc3cccc(C(F)(F)F)n3)CC2)n1.Cl.Cl. The number of aromatic nitrogens is 3. The van der Waals surface area contributed by atoms with Gasteiger partial charge < -0.3 is 9.26 Å². The molecule has 1 saturated heterocycles. The highest BCUT2D eigenvalue weighted by Crippen LogP contribution is 2.29. The van der Waals surface area contributed by atoms with Crippen molar-refractivity contribution < 1.29 is 22.4 Å². The smallest absolute Gasteiger partial charge is 0.433 e. The first kappa shape index (κ1) is 25.5. The topological polar surface area (TPSA) is 64.3 Å². The summed E-state index contributed by atoms with van der Waals surface area (Å²) in [5.74, 6) is 1.85. The van der Waals surface area contributed by atoms with Gasteiger partial charge in [-0.2, -0.15) is 18.2 Å². The minimum absolute atomic E-state index is 0. The maximum atomic E-state index is 12.7. The number of likely N-dealkylation sites (tertiary alicyclic amines) is 1. The lowest BCUT2D eigenvalue weighted by Gasteiger charge is -2.30. The Morgan fingerprint density at radius 1 is 1.17 bits per heavy atom. The molecule has 0 aromatic carbocycles. The molecule has 0 N–H and O–H groups in total. The number of halogens is 5. The number of nitrogens with zero attached hydrogens (tertiary/aromatic N) is 4. The van der Waals surface area contributed by atoms with Gasteiger partial charge in [-0.05, 0) is 37.9 Å². The van der Waals surface area contributed by atoms with Crippen molar-refractivity contribution in [2.24, 2.45) is 5.92 Å². The normalized spacial score (nSPS) is 15.7. The average molecular weight is 457 g/mol. The van der Waals surface area contributed by atoms with Crippen LogP contribution < -0.4 is 4.74 Å². The second kappa shape index (κ2) is 11.0. The summed E-state index contributed by atoms with van der Waals surface area (Å²) in [6.07, 6.45) is -2.68. The van der Waals surface area contributed by atoms with Gasteiger partial charge >= 0.3 is 6.18 Å². The van der Waals surface area contributed by atoms with Crippen LogP contribution in [0.4, 0.5) is 13.2 Å². The van der Waals surface area contributed by atoms with E-state index in [1.165, 1.54) is 12.1 Å². The molecule has 6 nitrogen and oxygen atoms in total. The molecule has 3 rings (SSSR count). The second-order valence-electron chi connectivity index (χ2n) is 7.09. The average Bonchev–Trinajstić information content (AvgIpc) is 3.10. The number of hydrogen-bond donors (Lipinski definition) is 0. The molecule has 1 aliphatic rings. The predicted octanol–water partition coefficient (Wildman–Crippen LogP) is 4.74. The molecule has 0 radical (unpaired) electrons. The van der Waals surface area contributed by atoms with E-state index >= 15 is 0 Å². The molecule has 29 heavy (non-hydrogen) atoms. The van der Waals surface area contributed by atoms with Crippen molar-refractivity contribution in [3.05, 3.63) is 35.6 Å². The summed E-state index contributed by atoms with van der Waals surface area (Å²) in [7, 11) is 0. The first-order valence-electron chi connectivity index (χ1n) is 9.03. The van der Waals surface area contributed by atoms with Crippen LogP contribution >= 0.6 is 24.8 Å². The van der Waals surface area contributed by atoms with E-state index in [1.54, 1.807) is 0 Å². The highest BCUT2D eigenvalue weighted by atomic mass is 35.5. The lowest BCUT2D eigenvalue weighted by molar-refractivity contribution is -0.141. The Balaban J connectivity index is 0.00000210. The van der Waals surface area contributed by atoms with Crippen molar-refractivity contribution in [2.75, 3.05) is 19.7 Å².